The van der Waals surface area contributed by atoms with Gasteiger partial charge in [0.15, 0.2) is 11.4 Å². The average Bonchev–Trinajstić information content (AvgIpc) is 3.33. The second kappa shape index (κ2) is 9.87. The lowest BCUT2D eigenvalue weighted by molar-refractivity contribution is 0.0858. The van der Waals surface area contributed by atoms with E-state index >= 15 is 0 Å². The summed E-state index contributed by atoms with van der Waals surface area (Å²) in [6, 6.07) is 12.8. The number of aryl methyl sites for hydroxylation is 3. The maximum atomic E-state index is 12.8. The third-order valence-corrected chi connectivity index (χ3v) is 5.58. The van der Waals surface area contributed by atoms with Crippen LogP contribution in [0.5, 0.6) is 11.5 Å². The molecule has 0 saturated carbocycles. The fourth-order valence-corrected chi connectivity index (χ4v) is 3.71. The van der Waals surface area contributed by atoms with E-state index in [0.29, 0.717) is 29.3 Å². The van der Waals surface area contributed by atoms with Gasteiger partial charge in [0.2, 0.25) is 0 Å². The van der Waals surface area contributed by atoms with E-state index in [1.54, 1.807) is 31.3 Å². The van der Waals surface area contributed by atoms with Gasteiger partial charge in [-0.1, -0.05) is 17.7 Å². The van der Waals surface area contributed by atoms with Crippen LogP contribution in [-0.2, 0) is 11.8 Å². The summed E-state index contributed by atoms with van der Waals surface area (Å²) in [5.41, 5.74) is 3.21. The van der Waals surface area contributed by atoms with Gasteiger partial charge in [-0.3, -0.25) is 9.59 Å². The monoisotopic (exact) mass is 448 g/mol. The first-order chi connectivity index (χ1) is 15.9. The van der Waals surface area contributed by atoms with Crippen molar-refractivity contribution in [2.75, 3.05) is 18.5 Å². The number of nitrogens with one attached hydrogen (secondary N) is 2. The summed E-state index contributed by atoms with van der Waals surface area (Å²) in [5.74, 6) is 0.816. The zero-order valence-electron chi connectivity index (χ0n) is 19.1. The lowest BCUT2D eigenvalue weighted by atomic mass is 10.1. The van der Waals surface area contributed by atoms with Crippen LogP contribution in [0.1, 0.15) is 34.3 Å². The highest BCUT2D eigenvalue weighted by molar-refractivity contribution is 5.94. The standard InChI is InChI=1S/C25H28N4O4/c1-16-6-11-21(17(2)13-16)33-22-15-27-29(3)25(31)23(22)28-19-9-7-18(8-10-19)24(30)26-14-20-5-4-12-32-20/h6-11,13,15,20,28H,4-5,12,14H2,1-3H3,(H,26,30). The molecule has 2 heterocycles. The van der Waals surface area contributed by atoms with Gasteiger partial charge in [0.25, 0.3) is 11.5 Å². The second-order valence-corrected chi connectivity index (χ2v) is 8.23. The molecule has 0 radical (unpaired) electrons. The fraction of sp³-hybridized carbons (Fsp3) is 0.320. The molecular weight excluding hydrogens is 420 g/mol. The van der Waals surface area contributed by atoms with E-state index in [9.17, 15) is 9.59 Å². The van der Waals surface area contributed by atoms with Gasteiger partial charge in [-0.25, -0.2) is 4.68 Å². The third-order valence-electron chi connectivity index (χ3n) is 5.58. The van der Waals surface area contributed by atoms with Crippen molar-refractivity contribution < 1.29 is 14.3 Å². The molecule has 8 nitrogen and oxygen atoms in total. The average molecular weight is 449 g/mol. The minimum absolute atomic E-state index is 0.0911. The van der Waals surface area contributed by atoms with Crippen LogP contribution in [0.4, 0.5) is 11.4 Å². The number of rotatable bonds is 7. The minimum atomic E-state index is -0.323. The molecule has 0 aliphatic carbocycles. The Kier molecular flexibility index (Phi) is 6.74. The predicted molar refractivity (Wildman–Crippen MR) is 126 cm³/mol. The topological polar surface area (TPSA) is 94.5 Å². The number of carbonyl (C=O) groups is 1. The highest BCUT2D eigenvalue weighted by Crippen LogP contribution is 2.30. The van der Waals surface area contributed by atoms with Crippen LogP contribution in [0.3, 0.4) is 0 Å². The van der Waals surface area contributed by atoms with Gasteiger partial charge in [0.05, 0.1) is 12.3 Å². The van der Waals surface area contributed by atoms with Crippen molar-refractivity contribution >= 4 is 17.3 Å². The number of benzene rings is 2. The largest absolute Gasteiger partial charge is 0.453 e. The van der Waals surface area contributed by atoms with Crippen LogP contribution >= 0.6 is 0 Å². The third kappa shape index (κ3) is 5.40. The zero-order chi connectivity index (χ0) is 23.4. The fourth-order valence-electron chi connectivity index (χ4n) is 3.71. The molecule has 8 heteroatoms. The molecule has 1 aliphatic heterocycles. The van der Waals surface area contributed by atoms with E-state index in [0.717, 1.165) is 30.6 Å². The molecule has 1 saturated heterocycles. The van der Waals surface area contributed by atoms with Crippen LogP contribution in [0, 0.1) is 13.8 Å². The first kappa shape index (κ1) is 22.5. The molecule has 0 bridgehead atoms. The van der Waals surface area contributed by atoms with Crippen LogP contribution < -0.4 is 20.9 Å². The van der Waals surface area contributed by atoms with Crippen molar-refractivity contribution in [2.45, 2.75) is 32.8 Å². The smallest absolute Gasteiger partial charge is 0.294 e. The molecule has 33 heavy (non-hydrogen) atoms. The number of hydrogen-bond acceptors (Lipinski definition) is 6. The second-order valence-electron chi connectivity index (χ2n) is 8.23. The Hall–Kier alpha value is -3.65. The zero-order valence-corrected chi connectivity index (χ0v) is 19.1. The van der Waals surface area contributed by atoms with E-state index < -0.39 is 0 Å². The summed E-state index contributed by atoms with van der Waals surface area (Å²) in [4.78, 5) is 25.2. The molecule has 1 unspecified atom stereocenters. The lowest BCUT2D eigenvalue weighted by Gasteiger charge is -2.15. The molecule has 0 spiro atoms. The quantitative estimate of drug-likeness (QED) is 0.570. The Morgan fingerprint density at radius 1 is 1.18 bits per heavy atom. The van der Waals surface area contributed by atoms with Gasteiger partial charge < -0.3 is 20.1 Å². The van der Waals surface area contributed by atoms with E-state index in [-0.39, 0.29) is 23.3 Å². The van der Waals surface area contributed by atoms with Crippen molar-refractivity contribution in [3.63, 3.8) is 0 Å². The molecule has 1 fully saturated rings. The summed E-state index contributed by atoms with van der Waals surface area (Å²) < 4.78 is 12.8. The number of ether oxygens (including phenoxy) is 2. The van der Waals surface area contributed by atoms with Crippen molar-refractivity contribution in [1.29, 1.82) is 0 Å². The van der Waals surface area contributed by atoms with Crippen molar-refractivity contribution in [3.05, 3.63) is 75.7 Å². The lowest BCUT2D eigenvalue weighted by Crippen LogP contribution is -2.31. The van der Waals surface area contributed by atoms with E-state index in [1.165, 1.54) is 10.9 Å². The Labute approximate surface area is 192 Å². The highest BCUT2D eigenvalue weighted by Gasteiger charge is 2.17. The van der Waals surface area contributed by atoms with E-state index in [2.05, 4.69) is 15.7 Å². The molecule has 4 rings (SSSR count). The van der Waals surface area contributed by atoms with Gasteiger partial charge in [0.1, 0.15) is 5.75 Å². The summed E-state index contributed by atoms with van der Waals surface area (Å²) >= 11 is 0. The van der Waals surface area contributed by atoms with Crippen molar-refractivity contribution in [2.24, 2.45) is 7.05 Å². The van der Waals surface area contributed by atoms with Gasteiger partial charge in [-0.2, -0.15) is 5.10 Å². The van der Waals surface area contributed by atoms with Gasteiger partial charge in [-0.15, -0.1) is 0 Å². The number of aromatic nitrogens is 2. The summed E-state index contributed by atoms with van der Waals surface area (Å²) in [6.45, 7) is 5.22. The first-order valence-corrected chi connectivity index (χ1v) is 11.0. The normalized spacial score (nSPS) is 15.3. The van der Waals surface area contributed by atoms with Crippen molar-refractivity contribution in [3.8, 4) is 11.5 Å². The van der Waals surface area contributed by atoms with Crippen LogP contribution in [-0.4, -0.2) is 34.9 Å². The summed E-state index contributed by atoms with van der Waals surface area (Å²) in [7, 11) is 1.58. The van der Waals surface area contributed by atoms with Gasteiger partial charge >= 0.3 is 0 Å². The van der Waals surface area contributed by atoms with Crippen LogP contribution in [0.15, 0.2) is 53.5 Å². The maximum absolute atomic E-state index is 12.8. The molecule has 2 aromatic carbocycles. The number of nitrogens with zero attached hydrogens (tertiary/aromatic N) is 2. The summed E-state index contributed by atoms with van der Waals surface area (Å²) in [6.07, 6.45) is 3.60. The number of anilines is 2. The molecule has 1 amide bonds. The minimum Gasteiger partial charge on any atom is -0.453 e. The Bertz CT molecular complexity index is 1200. The highest BCUT2D eigenvalue weighted by atomic mass is 16.5. The predicted octanol–water partition coefficient (Wildman–Crippen LogP) is 3.84. The molecular formula is C25H28N4O4. The van der Waals surface area contributed by atoms with E-state index in [4.69, 9.17) is 9.47 Å². The van der Waals surface area contributed by atoms with Gasteiger partial charge in [0, 0.05) is 31.5 Å². The SMILES string of the molecule is Cc1ccc(Oc2cnn(C)c(=O)c2Nc2ccc(C(=O)NCC3CCCO3)cc2)c(C)c1. The Balaban J connectivity index is 1.50. The molecule has 172 valence electrons. The molecule has 2 N–H and O–H groups in total. The van der Waals surface area contributed by atoms with Crippen LogP contribution in [0.25, 0.3) is 0 Å². The summed E-state index contributed by atoms with van der Waals surface area (Å²) in [5, 5.41) is 10.1. The molecule has 1 aromatic heterocycles. The first-order valence-electron chi connectivity index (χ1n) is 11.0. The van der Waals surface area contributed by atoms with Gasteiger partial charge in [-0.05, 0) is 62.6 Å². The molecule has 1 aliphatic rings. The number of amides is 1. The van der Waals surface area contributed by atoms with Crippen LogP contribution in [0.2, 0.25) is 0 Å². The Morgan fingerprint density at radius 3 is 2.67 bits per heavy atom. The van der Waals surface area contributed by atoms with Crippen molar-refractivity contribution in [1.82, 2.24) is 15.1 Å². The number of carbonyl (C=O) groups excluding carboxylic acids is 1. The molecule has 1 atom stereocenters. The number of hydrogen-bond donors (Lipinski definition) is 2. The molecule has 3 aromatic rings. The maximum Gasteiger partial charge on any atom is 0.294 e. The Morgan fingerprint density at radius 2 is 1.97 bits per heavy atom. The van der Waals surface area contributed by atoms with E-state index in [1.807, 2.05) is 32.0 Å².